The highest BCUT2D eigenvalue weighted by molar-refractivity contribution is 5.02. The van der Waals surface area contributed by atoms with E-state index in [-0.39, 0.29) is 0 Å². The molecular weight excluding hydrogens is 134 g/mol. The summed E-state index contributed by atoms with van der Waals surface area (Å²) < 4.78 is 0. The highest BCUT2D eigenvalue weighted by Gasteiger charge is 2.47. The van der Waals surface area contributed by atoms with Gasteiger partial charge in [0.25, 0.3) is 0 Å². The van der Waals surface area contributed by atoms with E-state index >= 15 is 0 Å². The fourth-order valence-electron chi connectivity index (χ4n) is 2.78. The molecule has 0 radical (unpaired) electrons. The normalized spacial score (nSPS) is 50.5. The quantitative estimate of drug-likeness (QED) is 0.558. The van der Waals surface area contributed by atoms with E-state index in [0.29, 0.717) is 5.54 Å². The van der Waals surface area contributed by atoms with Crippen LogP contribution in [0.25, 0.3) is 0 Å². The average Bonchev–Trinajstić information content (AvgIpc) is 1.92. The number of hydrogen-bond donors (Lipinski definition) is 0. The number of fused-ring (bicyclic) bond motifs is 2. The minimum atomic E-state index is 0.534. The second-order valence-corrected chi connectivity index (χ2v) is 4.66. The van der Waals surface area contributed by atoms with Gasteiger partial charge in [-0.1, -0.05) is 6.92 Å². The molecule has 0 aromatic heterocycles. The Labute approximate surface area is 69.8 Å². The van der Waals surface area contributed by atoms with Gasteiger partial charge in [0.1, 0.15) is 0 Å². The number of hydrogen-bond acceptors (Lipinski definition) is 1. The molecule has 1 saturated carbocycles. The molecule has 1 unspecified atom stereocenters. The van der Waals surface area contributed by atoms with Gasteiger partial charge in [-0.3, -0.25) is 4.90 Å². The van der Waals surface area contributed by atoms with Crippen molar-refractivity contribution >= 4 is 0 Å². The lowest BCUT2D eigenvalue weighted by molar-refractivity contribution is -0.0690. The molecule has 64 valence electrons. The summed E-state index contributed by atoms with van der Waals surface area (Å²) in [6.45, 7) is 4.74. The molecule has 3 rings (SSSR count). The fourth-order valence-corrected chi connectivity index (χ4v) is 2.78. The zero-order valence-electron chi connectivity index (χ0n) is 7.93. The van der Waals surface area contributed by atoms with Crippen LogP contribution in [0.1, 0.15) is 39.5 Å². The molecular formula is C10H19N. The van der Waals surface area contributed by atoms with Gasteiger partial charge in [-0.05, 0) is 45.6 Å². The molecule has 2 heterocycles. The van der Waals surface area contributed by atoms with E-state index in [1.165, 1.54) is 25.7 Å². The molecule has 0 aromatic rings. The van der Waals surface area contributed by atoms with Crippen molar-refractivity contribution in [1.82, 2.24) is 4.90 Å². The van der Waals surface area contributed by atoms with Crippen molar-refractivity contribution in [1.29, 1.82) is 0 Å². The maximum Gasteiger partial charge on any atom is 0.0181 e. The predicted molar refractivity (Wildman–Crippen MR) is 47.6 cm³/mol. The van der Waals surface area contributed by atoms with E-state index in [1.807, 2.05) is 0 Å². The van der Waals surface area contributed by atoms with Gasteiger partial charge in [-0.2, -0.15) is 0 Å². The fraction of sp³-hybridized carbons (Fsp3) is 1.00. The molecule has 3 aliphatic rings. The summed E-state index contributed by atoms with van der Waals surface area (Å²) in [6, 6.07) is 0.929. The van der Waals surface area contributed by atoms with E-state index in [9.17, 15) is 0 Å². The summed E-state index contributed by atoms with van der Waals surface area (Å²) >= 11 is 0. The van der Waals surface area contributed by atoms with Gasteiger partial charge >= 0.3 is 0 Å². The first-order chi connectivity index (χ1) is 5.15. The Kier molecular flexibility index (Phi) is 1.54. The first kappa shape index (κ1) is 7.60. The lowest BCUT2D eigenvalue weighted by Crippen LogP contribution is -2.61. The van der Waals surface area contributed by atoms with E-state index in [1.54, 1.807) is 0 Å². The summed E-state index contributed by atoms with van der Waals surface area (Å²) in [5.74, 6) is 1.07. The van der Waals surface area contributed by atoms with E-state index in [2.05, 4.69) is 25.8 Å². The van der Waals surface area contributed by atoms with Crippen LogP contribution in [0.15, 0.2) is 0 Å². The molecule has 2 saturated heterocycles. The van der Waals surface area contributed by atoms with Crippen molar-refractivity contribution in [2.75, 3.05) is 7.05 Å². The van der Waals surface area contributed by atoms with Crippen molar-refractivity contribution in [3.05, 3.63) is 0 Å². The van der Waals surface area contributed by atoms with Crippen molar-refractivity contribution in [3.63, 3.8) is 0 Å². The number of piperidine rings is 2. The molecule has 0 spiro atoms. The van der Waals surface area contributed by atoms with Gasteiger partial charge < -0.3 is 0 Å². The standard InChI is InChI=1S/C10H19N/c1-4-10(2)7-8-5-9(6-8)11(10)3/h8-9H,4-7H2,1-3H3. The van der Waals surface area contributed by atoms with Crippen LogP contribution in [0.4, 0.5) is 0 Å². The summed E-state index contributed by atoms with van der Waals surface area (Å²) in [7, 11) is 2.31. The predicted octanol–water partition coefficient (Wildman–Crippen LogP) is 2.27. The highest BCUT2D eigenvalue weighted by atomic mass is 15.2. The van der Waals surface area contributed by atoms with Crippen LogP contribution >= 0.6 is 0 Å². The van der Waals surface area contributed by atoms with E-state index in [0.717, 1.165) is 12.0 Å². The maximum atomic E-state index is 2.62. The zero-order valence-corrected chi connectivity index (χ0v) is 7.93. The van der Waals surface area contributed by atoms with Crippen LogP contribution < -0.4 is 0 Å². The lowest BCUT2D eigenvalue weighted by Gasteiger charge is -2.58. The minimum absolute atomic E-state index is 0.534. The maximum absolute atomic E-state index is 2.62. The molecule has 0 amide bonds. The Morgan fingerprint density at radius 2 is 2.09 bits per heavy atom. The third kappa shape index (κ3) is 0.936. The summed E-state index contributed by atoms with van der Waals surface area (Å²) in [6.07, 6.45) is 5.71. The molecule has 3 fully saturated rings. The monoisotopic (exact) mass is 153 g/mol. The van der Waals surface area contributed by atoms with Gasteiger partial charge in [0.05, 0.1) is 0 Å². The topological polar surface area (TPSA) is 3.24 Å². The smallest absolute Gasteiger partial charge is 0.0181 e. The van der Waals surface area contributed by atoms with Crippen molar-refractivity contribution in [2.24, 2.45) is 5.92 Å². The molecule has 1 atom stereocenters. The van der Waals surface area contributed by atoms with Crippen molar-refractivity contribution in [3.8, 4) is 0 Å². The van der Waals surface area contributed by atoms with Gasteiger partial charge in [-0.15, -0.1) is 0 Å². The van der Waals surface area contributed by atoms with Crippen LogP contribution in [0.5, 0.6) is 0 Å². The Hall–Kier alpha value is -0.0400. The van der Waals surface area contributed by atoms with Gasteiger partial charge in [0, 0.05) is 11.6 Å². The largest absolute Gasteiger partial charge is 0.298 e. The van der Waals surface area contributed by atoms with Crippen LogP contribution in [0.2, 0.25) is 0 Å². The average molecular weight is 153 g/mol. The molecule has 2 bridgehead atoms. The van der Waals surface area contributed by atoms with Gasteiger partial charge in [0.15, 0.2) is 0 Å². The number of nitrogens with zero attached hydrogens (tertiary/aromatic N) is 1. The second-order valence-electron chi connectivity index (χ2n) is 4.66. The number of rotatable bonds is 1. The summed E-state index contributed by atoms with van der Waals surface area (Å²) in [5.41, 5.74) is 0.534. The molecule has 0 aromatic carbocycles. The van der Waals surface area contributed by atoms with Gasteiger partial charge in [0.2, 0.25) is 0 Å². The Morgan fingerprint density at radius 3 is 2.45 bits per heavy atom. The van der Waals surface area contributed by atoms with Crippen LogP contribution in [0.3, 0.4) is 0 Å². The van der Waals surface area contributed by atoms with Crippen LogP contribution in [-0.4, -0.2) is 23.5 Å². The second kappa shape index (κ2) is 2.22. The molecule has 1 heteroatoms. The highest BCUT2D eigenvalue weighted by Crippen LogP contribution is 2.47. The first-order valence-corrected chi connectivity index (χ1v) is 4.88. The Balaban J connectivity index is 2.12. The molecule has 11 heavy (non-hydrogen) atoms. The Bertz CT molecular complexity index is 160. The minimum Gasteiger partial charge on any atom is -0.298 e. The van der Waals surface area contributed by atoms with Crippen LogP contribution in [0, 0.1) is 5.92 Å². The van der Waals surface area contributed by atoms with Crippen molar-refractivity contribution in [2.45, 2.75) is 51.1 Å². The van der Waals surface area contributed by atoms with E-state index in [4.69, 9.17) is 0 Å². The summed E-state index contributed by atoms with van der Waals surface area (Å²) in [5, 5.41) is 0. The molecule has 1 aliphatic carbocycles. The van der Waals surface area contributed by atoms with E-state index < -0.39 is 0 Å². The zero-order chi connectivity index (χ0) is 8.06. The van der Waals surface area contributed by atoms with Gasteiger partial charge in [-0.25, -0.2) is 0 Å². The molecule has 0 N–H and O–H groups in total. The molecule has 2 aliphatic heterocycles. The third-order valence-corrected chi connectivity index (χ3v) is 4.10. The third-order valence-electron chi connectivity index (χ3n) is 4.10. The Morgan fingerprint density at radius 1 is 1.45 bits per heavy atom. The lowest BCUT2D eigenvalue weighted by atomic mass is 9.65. The first-order valence-electron chi connectivity index (χ1n) is 4.88. The van der Waals surface area contributed by atoms with Crippen molar-refractivity contribution < 1.29 is 0 Å². The molecule has 1 nitrogen and oxygen atoms in total. The SMILES string of the molecule is CCC1(C)CC2CC(C2)N1C. The summed E-state index contributed by atoms with van der Waals surface area (Å²) in [4.78, 5) is 2.62. The van der Waals surface area contributed by atoms with Crippen LogP contribution in [-0.2, 0) is 0 Å².